The minimum atomic E-state index is -0.317. The van der Waals surface area contributed by atoms with Crippen molar-refractivity contribution in [1.29, 1.82) is 0 Å². The fraction of sp³-hybridized carbons (Fsp3) is 0.550. The molecule has 2 aromatic rings. The van der Waals surface area contributed by atoms with Crippen molar-refractivity contribution in [2.75, 3.05) is 18.5 Å². The lowest BCUT2D eigenvalue weighted by Crippen LogP contribution is -2.40. The Labute approximate surface area is 164 Å². The van der Waals surface area contributed by atoms with Gasteiger partial charge in [0.1, 0.15) is 18.0 Å². The van der Waals surface area contributed by atoms with Crippen LogP contribution in [-0.2, 0) is 16.0 Å². The van der Waals surface area contributed by atoms with Crippen molar-refractivity contribution >= 4 is 23.3 Å². The monoisotopic (exact) mass is 387 g/mol. The molecule has 4 N–H and O–H groups in total. The maximum Gasteiger partial charge on any atom is 0.325 e. The van der Waals surface area contributed by atoms with Crippen LogP contribution in [0.3, 0.4) is 0 Å². The SMILES string of the molecule is CCOC(=O)CNc1c(CC)nc2cc(C(=O)NC3CCC(N)CC3)ccn12. The number of aryl methyl sites for hydroxylation is 1. The first-order valence-corrected chi connectivity index (χ1v) is 9.98. The van der Waals surface area contributed by atoms with E-state index >= 15 is 0 Å². The van der Waals surface area contributed by atoms with Gasteiger partial charge in [-0.3, -0.25) is 14.0 Å². The van der Waals surface area contributed by atoms with E-state index in [9.17, 15) is 9.59 Å². The van der Waals surface area contributed by atoms with Crippen LogP contribution in [0, 0.1) is 0 Å². The number of imidazole rings is 1. The summed E-state index contributed by atoms with van der Waals surface area (Å²) >= 11 is 0. The number of pyridine rings is 1. The quantitative estimate of drug-likeness (QED) is 0.626. The van der Waals surface area contributed by atoms with Crippen molar-refractivity contribution < 1.29 is 14.3 Å². The van der Waals surface area contributed by atoms with E-state index in [4.69, 9.17) is 10.5 Å². The van der Waals surface area contributed by atoms with Crippen LogP contribution in [0.2, 0.25) is 0 Å². The molecule has 0 bridgehead atoms. The molecule has 28 heavy (non-hydrogen) atoms. The van der Waals surface area contributed by atoms with Gasteiger partial charge in [-0.25, -0.2) is 4.98 Å². The third-order valence-corrected chi connectivity index (χ3v) is 5.11. The lowest BCUT2D eigenvalue weighted by atomic mass is 9.91. The molecule has 8 nitrogen and oxygen atoms in total. The summed E-state index contributed by atoms with van der Waals surface area (Å²) in [6, 6.07) is 3.98. The molecule has 0 aliphatic heterocycles. The molecule has 0 unspecified atom stereocenters. The smallest absolute Gasteiger partial charge is 0.325 e. The number of carbonyl (C=O) groups is 2. The number of nitrogens with zero attached hydrogens (tertiary/aromatic N) is 2. The van der Waals surface area contributed by atoms with Gasteiger partial charge < -0.3 is 21.1 Å². The molecule has 1 saturated carbocycles. The zero-order valence-corrected chi connectivity index (χ0v) is 16.5. The molecule has 1 aliphatic carbocycles. The van der Waals surface area contributed by atoms with Crippen LogP contribution in [0.1, 0.15) is 55.6 Å². The van der Waals surface area contributed by atoms with Gasteiger partial charge in [-0.2, -0.15) is 0 Å². The zero-order chi connectivity index (χ0) is 20.1. The number of fused-ring (bicyclic) bond motifs is 1. The highest BCUT2D eigenvalue weighted by Crippen LogP contribution is 2.21. The second-order valence-electron chi connectivity index (χ2n) is 7.15. The number of ether oxygens (including phenoxy) is 1. The third-order valence-electron chi connectivity index (χ3n) is 5.11. The number of amides is 1. The van der Waals surface area contributed by atoms with E-state index in [1.54, 1.807) is 25.3 Å². The molecule has 0 spiro atoms. The van der Waals surface area contributed by atoms with Gasteiger partial charge in [0.15, 0.2) is 0 Å². The summed E-state index contributed by atoms with van der Waals surface area (Å²) in [7, 11) is 0. The second-order valence-corrected chi connectivity index (χ2v) is 7.15. The zero-order valence-electron chi connectivity index (χ0n) is 16.5. The van der Waals surface area contributed by atoms with Gasteiger partial charge in [0.05, 0.1) is 12.3 Å². The molecular formula is C20H29N5O3. The average Bonchev–Trinajstić information content (AvgIpc) is 3.05. The van der Waals surface area contributed by atoms with Crippen molar-refractivity contribution in [1.82, 2.24) is 14.7 Å². The van der Waals surface area contributed by atoms with E-state index in [1.165, 1.54) is 0 Å². The molecule has 2 heterocycles. The first-order valence-electron chi connectivity index (χ1n) is 9.98. The van der Waals surface area contributed by atoms with Gasteiger partial charge in [0.25, 0.3) is 5.91 Å². The van der Waals surface area contributed by atoms with Crippen LogP contribution < -0.4 is 16.4 Å². The van der Waals surface area contributed by atoms with Gasteiger partial charge in [-0.15, -0.1) is 0 Å². The summed E-state index contributed by atoms with van der Waals surface area (Å²) in [6.07, 6.45) is 6.23. The number of anilines is 1. The first kappa shape index (κ1) is 20.1. The van der Waals surface area contributed by atoms with Crippen LogP contribution in [0.5, 0.6) is 0 Å². The minimum absolute atomic E-state index is 0.0701. The standard InChI is InChI=1S/C20H29N5O3/c1-3-16-19(22-12-18(26)28-4-2)25-10-9-13(11-17(25)24-16)20(27)23-15-7-5-14(21)6-8-15/h9-11,14-15,22H,3-8,12,21H2,1-2H3,(H,23,27). The van der Waals surface area contributed by atoms with Gasteiger partial charge in [-0.1, -0.05) is 6.92 Å². The molecule has 2 aromatic heterocycles. The van der Waals surface area contributed by atoms with E-state index in [2.05, 4.69) is 15.6 Å². The molecular weight excluding hydrogens is 358 g/mol. The highest BCUT2D eigenvalue weighted by Gasteiger charge is 2.21. The molecule has 152 valence electrons. The van der Waals surface area contributed by atoms with E-state index < -0.39 is 0 Å². The van der Waals surface area contributed by atoms with Gasteiger partial charge in [0, 0.05) is 23.8 Å². The van der Waals surface area contributed by atoms with Gasteiger partial charge in [-0.05, 0) is 51.2 Å². The molecule has 1 fully saturated rings. The number of carbonyl (C=O) groups excluding carboxylic acids is 2. The van der Waals surface area contributed by atoms with E-state index in [0.29, 0.717) is 24.2 Å². The summed E-state index contributed by atoms with van der Waals surface area (Å²) in [5, 5.41) is 6.21. The Morgan fingerprint density at radius 2 is 2.04 bits per heavy atom. The van der Waals surface area contributed by atoms with E-state index in [0.717, 1.165) is 37.2 Å². The van der Waals surface area contributed by atoms with Crippen LogP contribution in [0.25, 0.3) is 5.65 Å². The molecule has 0 aromatic carbocycles. The van der Waals surface area contributed by atoms with Crippen molar-refractivity contribution in [2.45, 2.75) is 58.0 Å². The van der Waals surface area contributed by atoms with Crippen molar-refractivity contribution in [3.63, 3.8) is 0 Å². The topological polar surface area (TPSA) is 111 Å². The maximum absolute atomic E-state index is 12.6. The Morgan fingerprint density at radius 1 is 1.29 bits per heavy atom. The van der Waals surface area contributed by atoms with Gasteiger partial charge >= 0.3 is 5.97 Å². The number of rotatable bonds is 7. The molecule has 1 amide bonds. The Hall–Kier alpha value is -2.61. The number of nitrogens with two attached hydrogens (primary N) is 1. The van der Waals surface area contributed by atoms with Gasteiger partial charge in [0.2, 0.25) is 0 Å². The molecule has 0 radical (unpaired) electrons. The number of hydrogen-bond donors (Lipinski definition) is 3. The Bertz CT molecular complexity index is 840. The van der Waals surface area contributed by atoms with Crippen molar-refractivity contribution in [3.05, 3.63) is 29.6 Å². The number of nitrogens with one attached hydrogen (secondary N) is 2. The summed E-state index contributed by atoms with van der Waals surface area (Å²) in [4.78, 5) is 28.9. The fourth-order valence-corrected chi connectivity index (χ4v) is 3.57. The van der Waals surface area contributed by atoms with E-state index in [1.807, 2.05) is 11.3 Å². The number of hydrogen-bond acceptors (Lipinski definition) is 6. The average molecular weight is 387 g/mol. The van der Waals surface area contributed by atoms with Crippen LogP contribution in [0.4, 0.5) is 5.82 Å². The Kier molecular flexibility index (Phi) is 6.51. The largest absolute Gasteiger partial charge is 0.465 e. The molecule has 0 atom stereocenters. The maximum atomic E-state index is 12.6. The van der Waals surface area contributed by atoms with Crippen molar-refractivity contribution in [3.8, 4) is 0 Å². The molecule has 3 rings (SSSR count). The summed E-state index contributed by atoms with van der Waals surface area (Å²) in [5.74, 6) is 0.339. The first-order chi connectivity index (χ1) is 13.5. The second kappa shape index (κ2) is 9.05. The summed E-state index contributed by atoms with van der Waals surface area (Å²) in [5.41, 5.74) is 8.01. The molecule has 0 saturated heterocycles. The molecule has 1 aliphatic rings. The fourth-order valence-electron chi connectivity index (χ4n) is 3.57. The number of aromatic nitrogens is 2. The number of esters is 1. The lowest BCUT2D eigenvalue weighted by Gasteiger charge is -2.26. The lowest BCUT2D eigenvalue weighted by molar-refractivity contribution is -0.140. The highest BCUT2D eigenvalue weighted by atomic mass is 16.5. The minimum Gasteiger partial charge on any atom is -0.465 e. The summed E-state index contributed by atoms with van der Waals surface area (Å²) < 4.78 is 6.82. The normalized spacial score (nSPS) is 19.4. The third kappa shape index (κ3) is 4.62. The highest BCUT2D eigenvalue weighted by molar-refractivity contribution is 5.95. The van der Waals surface area contributed by atoms with Crippen LogP contribution >= 0.6 is 0 Å². The predicted octanol–water partition coefficient (Wildman–Crippen LogP) is 1.87. The van der Waals surface area contributed by atoms with Crippen LogP contribution in [0.15, 0.2) is 18.3 Å². The van der Waals surface area contributed by atoms with Crippen LogP contribution in [-0.4, -0.2) is 46.5 Å². The van der Waals surface area contributed by atoms with Crippen molar-refractivity contribution in [2.24, 2.45) is 5.73 Å². The Morgan fingerprint density at radius 3 is 2.71 bits per heavy atom. The van der Waals surface area contributed by atoms with E-state index in [-0.39, 0.29) is 30.5 Å². The summed E-state index contributed by atoms with van der Waals surface area (Å²) in [6.45, 7) is 4.19. The Balaban J connectivity index is 1.74. The predicted molar refractivity (Wildman–Crippen MR) is 107 cm³/mol. The molecule has 8 heteroatoms.